The summed E-state index contributed by atoms with van der Waals surface area (Å²) in [6.07, 6.45) is 3.55. The van der Waals surface area contributed by atoms with Gasteiger partial charge in [-0.05, 0) is 66.8 Å². The van der Waals surface area contributed by atoms with Crippen LogP contribution in [0.1, 0.15) is 42.5 Å². The van der Waals surface area contributed by atoms with Gasteiger partial charge >= 0.3 is 0 Å². The first kappa shape index (κ1) is 29.1. The van der Waals surface area contributed by atoms with E-state index in [2.05, 4.69) is 46.8 Å². The van der Waals surface area contributed by atoms with Gasteiger partial charge in [0, 0.05) is 36.8 Å². The second-order valence-corrected chi connectivity index (χ2v) is 10.1. The molecule has 1 amide bonds. The zero-order valence-corrected chi connectivity index (χ0v) is 22.9. The number of amides is 1. The van der Waals surface area contributed by atoms with Gasteiger partial charge < -0.3 is 21.1 Å². The fourth-order valence-corrected chi connectivity index (χ4v) is 4.60. The molecule has 0 aliphatic carbocycles. The summed E-state index contributed by atoms with van der Waals surface area (Å²) in [5.74, 6) is -0.865. The predicted molar refractivity (Wildman–Crippen MR) is 154 cm³/mol. The van der Waals surface area contributed by atoms with Crippen molar-refractivity contribution in [2.75, 3.05) is 6.54 Å². The molecule has 0 aromatic heterocycles. The quantitative estimate of drug-likeness (QED) is 0.318. The van der Waals surface area contributed by atoms with Gasteiger partial charge in [0.25, 0.3) is 0 Å². The van der Waals surface area contributed by atoms with Crippen LogP contribution in [0.5, 0.6) is 0 Å². The number of aryl methyl sites for hydroxylation is 1. The van der Waals surface area contributed by atoms with E-state index in [1.54, 1.807) is 6.08 Å². The molecule has 4 N–H and O–H groups in total. The van der Waals surface area contributed by atoms with Crippen LogP contribution in [0.4, 0.5) is 8.78 Å². The maximum atomic E-state index is 13.2. The highest BCUT2D eigenvalue weighted by Gasteiger charge is 2.35. The predicted octanol–water partition coefficient (Wildman–Crippen LogP) is 4.81. The second-order valence-electron chi connectivity index (χ2n) is 10.1. The Bertz CT molecular complexity index is 1340. The average molecular weight is 547 g/mol. The molecule has 2 aliphatic rings. The standard InChI is InChI=1S/C19H22F2N2.C13H14N2O2/c1-2-13-4-3-5-14(6-13)11-22-12-19-18(23-19)9-15-7-16(20)10-17(21)8-15;1-9-7-11(8-12(14)16)15-13(17-9)10-5-3-2-4-6-10/h3-8,10,18-19,22-23H,2,9,11-12H2,1H3;2-7,9H,8H2,1H3,(H2,14,16). The van der Waals surface area contributed by atoms with Crippen molar-refractivity contribution in [2.24, 2.45) is 10.7 Å². The summed E-state index contributed by atoms with van der Waals surface area (Å²) in [4.78, 5) is 15.2. The molecule has 5 rings (SSSR count). The molecule has 2 heterocycles. The van der Waals surface area contributed by atoms with Crippen LogP contribution in [0.3, 0.4) is 0 Å². The summed E-state index contributed by atoms with van der Waals surface area (Å²) in [6, 6.07) is 22.6. The van der Waals surface area contributed by atoms with Crippen LogP contribution in [-0.2, 0) is 28.9 Å². The van der Waals surface area contributed by atoms with Crippen LogP contribution in [-0.4, -0.2) is 36.5 Å². The molecular weight excluding hydrogens is 510 g/mol. The van der Waals surface area contributed by atoms with Crippen molar-refractivity contribution < 1.29 is 18.3 Å². The van der Waals surface area contributed by atoms with Crippen molar-refractivity contribution in [3.05, 3.63) is 118 Å². The number of nitrogens with two attached hydrogens (primary N) is 1. The van der Waals surface area contributed by atoms with Crippen LogP contribution < -0.4 is 16.4 Å². The van der Waals surface area contributed by atoms with Gasteiger partial charge in [0.2, 0.25) is 11.8 Å². The highest BCUT2D eigenvalue weighted by molar-refractivity contribution is 5.95. The third-order valence-corrected chi connectivity index (χ3v) is 6.62. The molecule has 1 saturated heterocycles. The van der Waals surface area contributed by atoms with E-state index in [1.165, 1.54) is 23.3 Å². The van der Waals surface area contributed by atoms with Gasteiger partial charge in [0.15, 0.2) is 0 Å². The van der Waals surface area contributed by atoms with Crippen LogP contribution >= 0.6 is 0 Å². The lowest BCUT2D eigenvalue weighted by atomic mass is 10.1. The minimum Gasteiger partial charge on any atom is -0.470 e. The number of carbonyl (C=O) groups is 1. The minimum absolute atomic E-state index is 0.0999. The van der Waals surface area contributed by atoms with E-state index < -0.39 is 11.6 Å². The molecule has 3 atom stereocenters. The molecule has 8 heteroatoms. The van der Waals surface area contributed by atoms with Crippen LogP contribution in [0.2, 0.25) is 0 Å². The smallest absolute Gasteiger partial charge is 0.223 e. The van der Waals surface area contributed by atoms with Gasteiger partial charge in [0.1, 0.15) is 17.7 Å². The number of carbonyl (C=O) groups excluding carboxylic acids is 1. The van der Waals surface area contributed by atoms with Gasteiger partial charge in [-0.25, -0.2) is 13.8 Å². The Labute approximate surface area is 234 Å². The van der Waals surface area contributed by atoms with Crippen molar-refractivity contribution in [2.45, 2.75) is 57.8 Å². The van der Waals surface area contributed by atoms with E-state index in [9.17, 15) is 13.6 Å². The maximum Gasteiger partial charge on any atom is 0.223 e. The fourth-order valence-electron chi connectivity index (χ4n) is 4.60. The topological polar surface area (TPSA) is 98.7 Å². The Morgan fingerprint density at radius 2 is 1.70 bits per heavy atom. The number of benzene rings is 3. The zero-order chi connectivity index (χ0) is 28.5. The molecule has 3 aromatic rings. The van der Waals surface area contributed by atoms with Crippen molar-refractivity contribution in [3.8, 4) is 0 Å². The lowest BCUT2D eigenvalue weighted by Crippen LogP contribution is -2.21. The monoisotopic (exact) mass is 546 g/mol. The normalized spacial score (nSPS) is 19.4. The summed E-state index contributed by atoms with van der Waals surface area (Å²) in [7, 11) is 0. The van der Waals surface area contributed by atoms with Gasteiger partial charge in [0.05, 0.1) is 12.1 Å². The largest absolute Gasteiger partial charge is 0.470 e. The fraction of sp³-hybridized carbons (Fsp3) is 0.312. The first-order chi connectivity index (χ1) is 19.3. The van der Waals surface area contributed by atoms with E-state index in [4.69, 9.17) is 10.5 Å². The Morgan fingerprint density at radius 3 is 2.40 bits per heavy atom. The summed E-state index contributed by atoms with van der Waals surface area (Å²) < 4.78 is 32.0. The van der Waals surface area contributed by atoms with E-state index in [1.807, 2.05) is 37.3 Å². The molecule has 40 heavy (non-hydrogen) atoms. The van der Waals surface area contributed by atoms with Gasteiger partial charge in [-0.15, -0.1) is 0 Å². The zero-order valence-electron chi connectivity index (χ0n) is 22.9. The lowest BCUT2D eigenvalue weighted by molar-refractivity contribution is -0.117. The summed E-state index contributed by atoms with van der Waals surface area (Å²) in [5, 5.41) is 6.80. The number of hydrogen-bond acceptors (Lipinski definition) is 5. The van der Waals surface area contributed by atoms with Crippen LogP contribution in [0, 0.1) is 11.6 Å². The molecule has 0 saturated carbocycles. The van der Waals surface area contributed by atoms with Crippen LogP contribution in [0.25, 0.3) is 0 Å². The number of nitrogens with zero attached hydrogens (tertiary/aromatic N) is 1. The first-order valence-corrected chi connectivity index (χ1v) is 13.6. The number of nitrogens with one attached hydrogen (secondary N) is 2. The molecule has 0 spiro atoms. The van der Waals surface area contributed by atoms with E-state index in [0.717, 1.165) is 31.1 Å². The molecule has 2 aliphatic heterocycles. The van der Waals surface area contributed by atoms with E-state index in [-0.39, 0.29) is 18.4 Å². The Morgan fingerprint density at radius 1 is 0.975 bits per heavy atom. The molecule has 3 aromatic carbocycles. The third-order valence-electron chi connectivity index (χ3n) is 6.62. The number of ether oxygens (including phenoxy) is 1. The molecule has 0 bridgehead atoms. The first-order valence-electron chi connectivity index (χ1n) is 13.6. The van der Waals surface area contributed by atoms with Gasteiger partial charge in [-0.3, -0.25) is 4.79 Å². The van der Waals surface area contributed by atoms with Gasteiger partial charge in [-0.1, -0.05) is 49.4 Å². The molecule has 210 valence electrons. The maximum absolute atomic E-state index is 13.2. The van der Waals surface area contributed by atoms with Crippen LogP contribution in [0.15, 0.2) is 89.6 Å². The lowest BCUT2D eigenvalue weighted by Gasteiger charge is -2.19. The van der Waals surface area contributed by atoms with Crippen molar-refractivity contribution in [3.63, 3.8) is 0 Å². The summed E-state index contributed by atoms with van der Waals surface area (Å²) in [5.41, 5.74) is 10.1. The van der Waals surface area contributed by atoms with Crippen molar-refractivity contribution >= 4 is 11.8 Å². The highest BCUT2D eigenvalue weighted by Crippen LogP contribution is 2.19. The summed E-state index contributed by atoms with van der Waals surface area (Å²) in [6.45, 7) is 5.76. The Hall–Kier alpha value is -3.88. The number of primary amides is 1. The van der Waals surface area contributed by atoms with Crippen molar-refractivity contribution in [1.82, 2.24) is 10.6 Å². The molecule has 0 radical (unpaired) electrons. The summed E-state index contributed by atoms with van der Waals surface area (Å²) >= 11 is 0. The number of aliphatic imine (C=N–C) groups is 1. The molecule has 3 unspecified atom stereocenters. The SMILES string of the molecule is CC1C=C(CC(N)=O)N=C(c2ccccc2)O1.CCc1cccc(CNCC2NC2Cc2cc(F)cc(F)c2)c1. The van der Waals surface area contributed by atoms with Gasteiger partial charge in [-0.2, -0.15) is 0 Å². The number of rotatable bonds is 10. The highest BCUT2D eigenvalue weighted by atomic mass is 19.1. The Balaban J connectivity index is 0.000000194. The molecule has 6 nitrogen and oxygen atoms in total. The van der Waals surface area contributed by atoms with Crippen molar-refractivity contribution in [1.29, 1.82) is 0 Å². The van der Waals surface area contributed by atoms with E-state index in [0.29, 0.717) is 35.7 Å². The minimum atomic E-state index is -0.508. The number of hydrogen-bond donors (Lipinski definition) is 3. The second kappa shape index (κ2) is 14.0. The molecular formula is C32H36F2N4O2. The third kappa shape index (κ3) is 9.10. The number of halogens is 2. The molecule has 1 fully saturated rings. The Kier molecular flexibility index (Phi) is 10.2. The average Bonchev–Trinajstić information content (AvgIpc) is 3.65. The van der Waals surface area contributed by atoms with E-state index >= 15 is 0 Å².